The summed E-state index contributed by atoms with van der Waals surface area (Å²) in [6.07, 6.45) is 1.48. The highest BCUT2D eigenvalue weighted by atomic mass is 79.9. The number of nitrogens with two attached hydrogens (primary N) is 1. The first-order chi connectivity index (χ1) is 10.5. The smallest absolute Gasteiger partial charge is 0.283 e. The van der Waals surface area contributed by atoms with Gasteiger partial charge in [-0.15, -0.1) is 0 Å². The van der Waals surface area contributed by atoms with Crippen LogP contribution in [-0.4, -0.2) is 17.6 Å². The largest absolute Gasteiger partial charge is 0.462 e. The Morgan fingerprint density at radius 2 is 2.05 bits per heavy atom. The Morgan fingerprint density at radius 3 is 2.77 bits per heavy atom. The van der Waals surface area contributed by atoms with Crippen LogP contribution < -0.4 is 10.5 Å². The van der Waals surface area contributed by atoms with Gasteiger partial charge in [0.15, 0.2) is 11.3 Å². The van der Waals surface area contributed by atoms with Crippen molar-refractivity contribution in [2.24, 2.45) is 10.7 Å². The molecule has 2 aliphatic rings. The summed E-state index contributed by atoms with van der Waals surface area (Å²) in [5.74, 6) is 0.357. The Hall–Kier alpha value is -1.86. The average molecular weight is 385 g/mol. The number of benzene rings is 1. The predicted molar refractivity (Wildman–Crippen MR) is 81.8 cm³/mol. The number of pyridine rings is 1. The van der Waals surface area contributed by atoms with Crippen molar-refractivity contribution in [1.82, 2.24) is 4.98 Å². The number of hydrogen-bond acceptors (Lipinski definition) is 5. The average Bonchev–Trinajstić information content (AvgIpc) is 2.86. The minimum Gasteiger partial charge on any atom is -0.462 e. The van der Waals surface area contributed by atoms with Crippen molar-refractivity contribution in [3.05, 3.63) is 51.0 Å². The molecule has 1 aromatic carbocycles. The van der Waals surface area contributed by atoms with E-state index >= 15 is 0 Å². The fourth-order valence-corrected chi connectivity index (χ4v) is 3.23. The lowest BCUT2D eigenvalue weighted by molar-refractivity contribution is 0.264. The summed E-state index contributed by atoms with van der Waals surface area (Å²) < 4.78 is 25.3. The highest BCUT2D eigenvalue weighted by molar-refractivity contribution is 9.10. The van der Waals surface area contributed by atoms with Crippen LogP contribution in [0.1, 0.15) is 11.1 Å². The SMILES string of the molecule is NC1=NC2(CO1)c1cc(Cl)ncc1Oc1cc(F)c(Br)cc12. The molecule has 5 nitrogen and oxygen atoms in total. The van der Waals surface area contributed by atoms with Crippen LogP contribution >= 0.6 is 27.5 Å². The summed E-state index contributed by atoms with van der Waals surface area (Å²) in [5.41, 5.74) is 6.12. The topological polar surface area (TPSA) is 69.7 Å². The molecule has 0 saturated heterocycles. The van der Waals surface area contributed by atoms with Crippen molar-refractivity contribution in [3.63, 3.8) is 0 Å². The van der Waals surface area contributed by atoms with E-state index in [4.69, 9.17) is 26.8 Å². The fraction of sp³-hybridized carbons (Fsp3) is 0.143. The predicted octanol–water partition coefficient (Wildman–Crippen LogP) is 3.33. The van der Waals surface area contributed by atoms with Gasteiger partial charge in [0.25, 0.3) is 6.02 Å². The molecule has 22 heavy (non-hydrogen) atoms. The van der Waals surface area contributed by atoms with E-state index in [0.29, 0.717) is 32.3 Å². The molecule has 1 unspecified atom stereocenters. The van der Waals surface area contributed by atoms with E-state index in [9.17, 15) is 4.39 Å². The third-order valence-corrected chi connectivity index (χ3v) is 4.51. The molecule has 1 atom stereocenters. The van der Waals surface area contributed by atoms with Crippen molar-refractivity contribution < 1.29 is 13.9 Å². The van der Waals surface area contributed by atoms with E-state index in [1.807, 2.05) is 0 Å². The molecule has 2 aliphatic heterocycles. The fourth-order valence-electron chi connectivity index (χ4n) is 2.73. The number of aromatic nitrogens is 1. The first-order valence-electron chi connectivity index (χ1n) is 6.31. The van der Waals surface area contributed by atoms with Crippen LogP contribution in [0.5, 0.6) is 11.5 Å². The highest BCUT2D eigenvalue weighted by Gasteiger charge is 2.47. The minimum atomic E-state index is -0.921. The molecule has 2 aromatic rings. The Kier molecular flexibility index (Phi) is 2.86. The van der Waals surface area contributed by atoms with Gasteiger partial charge in [0.1, 0.15) is 23.3 Å². The monoisotopic (exact) mass is 383 g/mol. The third-order valence-electron chi connectivity index (χ3n) is 3.70. The van der Waals surface area contributed by atoms with E-state index in [1.165, 1.54) is 12.3 Å². The highest BCUT2D eigenvalue weighted by Crippen LogP contribution is 2.51. The van der Waals surface area contributed by atoms with Gasteiger partial charge in [-0.3, -0.25) is 0 Å². The van der Waals surface area contributed by atoms with Crippen LogP contribution in [-0.2, 0) is 10.3 Å². The first kappa shape index (κ1) is 13.8. The van der Waals surface area contributed by atoms with Crippen LogP contribution in [0.25, 0.3) is 0 Å². The second-order valence-electron chi connectivity index (χ2n) is 4.97. The van der Waals surface area contributed by atoms with Crippen LogP contribution in [0, 0.1) is 5.82 Å². The van der Waals surface area contributed by atoms with Crippen LogP contribution in [0.2, 0.25) is 5.15 Å². The zero-order chi connectivity index (χ0) is 15.5. The summed E-state index contributed by atoms with van der Waals surface area (Å²) in [7, 11) is 0. The van der Waals surface area contributed by atoms with E-state index in [-0.39, 0.29) is 12.6 Å². The lowest BCUT2D eigenvalue weighted by atomic mass is 9.82. The Labute approximate surface area is 138 Å². The van der Waals surface area contributed by atoms with Gasteiger partial charge in [-0.25, -0.2) is 14.4 Å². The number of amidine groups is 1. The van der Waals surface area contributed by atoms with Gasteiger partial charge < -0.3 is 15.2 Å². The quantitative estimate of drug-likeness (QED) is 0.707. The summed E-state index contributed by atoms with van der Waals surface area (Å²) >= 11 is 9.19. The number of nitrogens with zero attached hydrogens (tertiary/aromatic N) is 2. The molecule has 0 bridgehead atoms. The van der Waals surface area contributed by atoms with Crippen molar-refractivity contribution in [2.45, 2.75) is 5.54 Å². The molecule has 0 fully saturated rings. The van der Waals surface area contributed by atoms with Crippen LogP contribution in [0.15, 0.2) is 33.9 Å². The number of aliphatic imine (C=N–C) groups is 1. The second-order valence-corrected chi connectivity index (χ2v) is 6.21. The first-order valence-corrected chi connectivity index (χ1v) is 7.48. The third kappa shape index (κ3) is 1.82. The maximum Gasteiger partial charge on any atom is 0.283 e. The lowest BCUT2D eigenvalue weighted by Crippen LogP contribution is -2.31. The molecule has 3 heterocycles. The van der Waals surface area contributed by atoms with Gasteiger partial charge in [-0.1, -0.05) is 11.6 Å². The molecular weight excluding hydrogens is 377 g/mol. The molecule has 0 aliphatic carbocycles. The molecule has 8 heteroatoms. The molecule has 112 valence electrons. The van der Waals surface area contributed by atoms with Crippen molar-refractivity contribution in [3.8, 4) is 11.5 Å². The van der Waals surface area contributed by atoms with Gasteiger partial charge in [0.2, 0.25) is 0 Å². The standard InChI is InChI=1S/C14H8BrClFN3O2/c15-8-1-6-10(3-9(8)17)22-11-4-19-12(16)2-7(11)14(6)5-21-13(18)20-14/h1-4H,5H2,(H2,18,20). The van der Waals surface area contributed by atoms with Gasteiger partial charge >= 0.3 is 0 Å². The van der Waals surface area contributed by atoms with Gasteiger partial charge in [0.05, 0.1) is 10.7 Å². The molecule has 1 aromatic heterocycles. The molecule has 0 saturated carbocycles. The lowest BCUT2D eigenvalue weighted by Gasteiger charge is -2.33. The van der Waals surface area contributed by atoms with E-state index in [1.54, 1.807) is 12.1 Å². The van der Waals surface area contributed by atoms with E-state index < -0.39 is 11.4 Å². The Morgan fingerprint density at radius 1 is 1.27 bits per heavy atom. The summed E-state index contributed by atoms with van der Waals surface area (Å²) in [4.78, 5) is 8.43. The Balaban J connectivity index is 2.05. The zero-order valence-corrected chi connectivity index (χ0v) is 13.3. The van der Waals surface area contributed by atoms with Crippen LogP contribution in [0.3, 0.4) is 0 Å². The Bertz CT molecular complexity index is 845. The molecule has 0 amide bonds. The van der Waals surface area contributed by atoms with E-state index in [0.717, 1.165) is 0 Å². The van der Waals surface area contributed by atoms with Crippen molar-refractivity contribution >= 4 is 33.6 Å². The molecular formula is C14H8BrClFN3O2. The summed E-state index contributed by atoms with van der Waals surface area (Å²) in [5, 5.41) is 0.298. The summed E-state index contributed by atoms with van der Waals surface area (Å²) in [6, 6.07) is 4.63. The van der Waals surface area contributed by atoms with Gasteiger partial charge in [-0.05, 0) is 28.1 Å². The number of fused-ring (bicyclic) bond motifs is 4. The van der Waals surface area contributed by atoms with Crippen molar-refractivity contribution in [2.75, 3.05) is 6.61 Å². The normalized spacial score (nSPS) is 21.7. The summed E-state index contributed by atoms with van der Waals surface area (Å²) in [6.45, 7) is 0.181. The maximum atomic E-state index is 13.8. The molecule has 1 spiro atoms. The van der Waals surface area contributed by atoms with E-state index in [2.05, 4.69) is 25.9 Å². The zero-order valence-electron chi connectivity index (χ0n) is 10.9. The number of rotatable bonds is 0. The van der Waals surface area contributed by atoms with Crippen LogP contribution in [0.4, 0.5) is 4.39 Å². The maximum absolute atomic E-state index is 13.8. The number of hydrogen-bond donors (Lipinski definition) is 1. The van der Waals surface area contributed by atoms with Gasteiger partial charge in [0, 0.05) is 17.2 Å². The molecule has 0 radical (unpaired) electrons. The minimum absolute atomic E-state index is 0.0622. The number of ether oxygens (including phenoxy) is 2. The second kappa shape index (κ2) is 4.57. The van der Waals surface area contributed by atoms with Crippen molar-refractivity contribution in [1.29, 1.82) is 0 Å². The van der Waals surface area contributed by atoms with Gasteiger partial charge in [-0.2, -0.15) is 0 Å². The molecule has 4 rings (SSSR count). The molecule has 2 N–H and O–H groups in total. The number of halogens is 3.